The molecule has 0 aromatic heterocycles. The van der Waals surface area contributed by atoms with E-state index >= 15 is 0 Å². The van der Waals surface area contributed by atoms with Crippen LogP contribution in [0.1, 0.15) is 65.2 Å². The monoisotopic (exact) mass is 195 g/mol. The number of hydrogen-bond donors (Lipinski definition) is 1. The van der Waals surface area contributed by atoms with E-state index in [0.29, 0.717) is 5.41 Å². The third-order valence-corrected chi connectivity index (χ3v) is 4.55. The van der Waals surface area contributed by atoms with Crippen LogP contribution >= 0.6 is 0 Å². The van der Waals surface area contributed by atoms with Crippen molar-refractivity contribution in [2.75, 3.05) is 0 Å². The van der Waals surface area contributed by atoms with Crippen LogP contribution in [0.25, 0.3) is 0 Å². The Morgan fingerprint density at radius 2 is 1.64 bits per heavy atom. The number of nitrogens with two attached hydrogens (primary N) is 1. The molecule has 2 aliphatic rings. The molecule has 0 aliphatic heterocycles. The van der Waals surface area contributed by atoms with Crippen LogP contribution in [0.2, 0.25) is 0 Å². The van der Waals surface area contributed by atoms with Crippen molar-refractivity contribution in [1.29, 1.82) is 0 Å². The Morgan fingerprint density at radius 3 is 2.21 bits per heavy atom. The van der Waals surface area contributed by atoms with Crippen molar-refractivity contribution in [1.82, 2.24) is 0 Å². The summed E-state index contributed by atoms with van der Waals surface area (Å²) in [5.41, 5.74) is 7.33. The van der Waals surface area contributed by atoms with Crippen LogP contribution in [0, 0.1) is 11.3 Å². The van der Waals surface area contributed by atoms with Crippen LogP contribution in [-0.2, 0) is 0 Å². The van der Waals surface area contributed by atoms with Gasteiger partial charge in [-0.15, -0.1) is 0 Å². The molecule has 2 saturated carbocycles. The highest BCUT2D eigenvalue weighted by atomic mass is 14.8. The van der Waals surface area contributed by atoms with Gasteiger partial charge in [-0.2, -0.15) is 0 Å². The van der Waals surface area contributed by atoms with Crippen molar-refractivity contribution in [2.24, 2.45) is 17.1 Å². The second-order valence-electron chi connectivity index (χ2n) is 6.40. The molecule has 82 valence electrons. The third-order valence-electron chi connectivity index (χ3n) is 4.55. The fourth-order valence-electron chi connectivity index (χ4n) is 3.63. The summed E-state index contributed by atoms with van der Waals surface area (Å²) in [5.74, 6) is 0.814. The molecule has 0 spiro atoms. The summed E-state index contributed by atoms with van der Waals surface area (Å²) >= 11 is 0. The summed E-state index contributed by atoms with van der Waals surface area (Å²) in [6, 6.07) is 0. The first kappa shape index (κ1) is 10.5. The molecule has 0 radical (unpaired) electrons. The van der Waals surface area contributed by atoms with E-state index in [1.165, 1.54) is 51.4 Å². The van der Waals surface area contributed by atoms with Crippen molar-refractivity contribution in [3.63, 3.8) is 0 Å². The topological polar surface area (TPSA) is 26.0 Å². The van der Waals surface area contributed by atoms with Crippen LogP contribution in [0.15, 0.2) is 0 Å². The lowest BCUT2D eigenvalue weighted by atomic mass is 9.65. The summed E-state index contributed by atoms with van der Waals surface area (Å²) < 4.78 is 0. The van der Waals surface area contributed by atoms with Crippen LogP contribution in [-0.4, -0.2) is 5.54 Å². The zero-order valence-electron chi connectivity index (χ0n) is 9.81. The van der Waals surface area contributed by atoms with Gasteiger partial charge in [0.25, 0.3) is 0 Å². The molecule has 0 aromatic carbocycles. The van der Waals surface area contributed by atoms with E-state index in [9.17, 15) is 0 Å². The molecule has 1 atom stereocenters. The standard InChI is InChI=1S/C13H25N/c1-12(2)7-5-6-11(10-12)13(14)8-3-4-9-13/h11H,3-10,14H2,1-2H3. The molecule has 0 saturated heterocycles. The van der Waals surface area contributed by atoms with Crippen molar-refractivity contribution in [2.45, 2.75) is 70.8 Å². The largest absolute Gasteiger partial charge is 0.325 e. The highest BCUT2D eigenvalue weighted by Gasteiger charge is 2.41. The molecule has 0 aromatic rings. The van der Waals surface area contributed by atoms with E-state index in [-0.39, 0.29) is 5.54 Å². The third kappa shape index (κ3) is 1.98. The SMILES string of the molecule is CC1(C)CCCC(C2(N)CCCC2)C1. The minimum absolute atomic E-state index is 0.220. The number of hydrogen-bond acceptors (Lipinski definition) is 1. The minimum Gasteiger partial charge on any atom is -0.325 e. The molecular weight excluding hydrogens is 170 g/mol. The van der Waals surface area contributed by atoms with Gasteiger partial charge >= 0.3 is 0 Å². The Kier molecular flexibility index (Phi) is 2.63. The van der Waals surface area contributed by atoms with E-state index in [1.807, 2.05) is 0 Å². The fourth-order valence-corrected chi connectivity index (χ4v) is 3.63. The van der Waals surface area contributed by atoms with Crippen molar-refractivity contribution in [3.8, 4) is 0 Å². The molecule has 0 heterocycles. The van der Waals surface area contributed by atoms with Gasteiger partial charge in [0.1, 0.15) is 0 Å². The molecule has 2 rings (SSSR count). The second-order valence-corrected chi connectivity index (χ2v) is 6.40. The summed E-state index contributed by atoms with van der Waals surface area (Å²) in [5, 5.41) is 0. The highest BCUT2D eigenvalue weighted by molar-refractivity contribution is 4.98. The Balaban J connectivity index is 2.03. The highest BCUT2D eigenvalue weighted by Crippen LogP contribution is 2.46. The summed E-state index contributed by atoms with van der Waals surface area (Å²) in [6.45, 7) is 4.83. The molecule has 0 amide bonds. The molecule has 0 bridgehead atoms. The molecule has 2 N–H and O–H groups in total. The van der Waals surface area contributed by atoms with Crippen molar-refractivity contribution in [3.05, 3.63) is 0 Å². The maximum absolute atomic E-state index is 6.55. The molecule has 14 heavy (non-hydrogen) atoms. The average molecular weight is 195 g/mol. The normalized spacial score (nSPS) is 35.8. The molecule has 1 unspecified atom stereocenters. The molecular formula is C13H25N. The smallest absolute Gasteiger partial charge is 0.0183 e. The fraction of sp³-hybridized carbons (Fsp3) is 1.00. The average Bonchev–Trinajstić information content (AvgIpc) is 2.52. The summed E-state index contributed by atoms with van der Waals surface area (Å²) in [4.78, 5) is 0. The molecule has 2 aliphatic carbocycles. The van der Waals surface area contributed by atoms with Gasteiger partial charge in [0.2, 0.25) is 0 Å². The lowest BCUT2D eigenvalue weighted by molar-refractivity contribution is 0.116. The first-order chi connectivity index (χ1) is 6.52. The zero-order chi connectivity index (χ0) is 10.2. The summed E-state index contributed by atoms with van der Waals surface area (Å²) in [7, 11) is 0. The van der Waals surface area contributed by atoms with Crippen LogP contribution in [0.4, 0.5) is 0 Å². The predicted molar refractivity (Wildman–Crippen MR) is 61.1 cm³/mol. The Hall–Kier alpha value is -0.0400. The lowest BCUT2D eigenvalue weighted by Gasteiger charge is -2.43. The van der Waals surface area contributed by atoms with Gasteiger partial charge < -0.3 is 5.73 Å². The summed E-state index contributed by atoms with van der Waals surface area (Å²) in [6.07, 6.45) is 10.9. The first-order valence-electron chi connectivity index (χ1n) is 6.31. The molecule has 2 fully saturated rings. The van der Waals surface area contributed by atoms with Gasteiger partial charge in [0, 0.05) is 5.54 Å². The Bertz CT molecular complexity index is 201. The Labute approximate surface area is 88.4 Å². The molecule has 1 heteroatoms. The van der Waals surface area contributed by atoms with Crippen molar-refractivity contribution >= 4 is 0 Å². The van der Waals surface area contributed by atoms with Crippen molar-refractivity contribution < 1.29 is 0 Å². The van der Waals surface area contributed by atoms with Gasteiger partial charge in [-0.3, -0.25) is 0 Å². The van der Waals surface area contributed by atoms with Crippen LogP contribution < -0.4 is 5.73 Å². The predicted octanol–water partition coefficient (Wildman–Crippen LogP) is 3.47. The van der Waals surface area contributed by atoms with Gasteiger partial charge in [-0.05, 0) is 43.4 Å². The zero-order valence-corrected chi connectivity index (χ0v) is 9.81. The van der Waals surface area contributed by atoms with E-state index in [2.05, 4.69) is 13.8 Å². The number of rotatable bonds is 1. The van der Waals surface area contributed by atoms with Gasteiger partial charge in [-0.1, -0.05) is 33.1 Å². The second kappa shape index (κ2) is 3.52. The maximum atomic E-state index is 6.55. The van der Waals surface area contributed by atoms with Crippen LogP contribution in [0.5, 0.6) is 0 Å². The minimum atomic E-state index is 0.220. The van der Waals surface area contributed by atoms with Gasteiger partial charge in [-0.25, -0.2) is 0 Å². The first-order valence-corrected chi connectivity index (χ1v) is 6.31. The quantitative estimate of drug-likeness (QED) is 0.681. The van der Waals surface area contributed by atoms with E-state index in [1.54, 1.807) is 0 Å². The van der Waals surface area contributed by atoms with E-state index in [4.69, 9.17) is 5.73 Å². The van der Waals surface area contributed by atoms with E-state index in [0.717, 1.165) is 5.92 Å². The van der Waals surface area contributed by atoms with Crippen LogP contribution in [0.3, 0.4) is 0 Å². The Morgan fingerprint density at radius 1 is 1.00 bits per heavy atom. The lowest BCUT2D eigenvalue weighted by Crippen LogP contribution is -2.47. The molecule has 1 nitrogen and oxygen atoms in total. The van der Waals surface area contributed by atoms with Gasteiger partial charge in [0.15, 0.2) is 0 Å². The van der Waals surface area contributed by atoms with Gasteiger partial charge in [0.05, 0.1) is 0 Å². The van der Waals surface area contributed by atoms with E-state index < -0.39 is 0 Å². The maximum Gasteiger partial charge on any atom is 0.0183 e.